The number of urea groups is 1. The van der Waals surface area contributed by atoms with Gasteiger partial charge in [0.25, 0.3) is 11.5 Å². The van der Waals surface area contributed by atoms with E-state index in [0.717, 1.165) is 18.7 Å². The van der Waals surface area contributed by atoms with Crippen molar-refractivity contribution >= 4 is 40.3 Å². The number of morpholine rings is 1. The van der Waals surface area contributed by atoms with E-state index in [2.05, 4.69) is 32.4 Å². The molecule has 0 saturated carbocycles. The van der Waals surface area contributed by atoms with Gasteiger partial charge in [-0.05, 0) is 55.1 Å². The summed E-state index contributed by atoms with van der Waals surface area (Å²) in [6.45, 7) is 7.00. The molecule has 15 nitrogen and oxygen atoms in total. The Labute approximate surface area is 316 Å². The van der Waals surface area contributed by atoms with Crippen LogP contribution in [0, 0.1) is 5.82 Å². The van der Waals surface area contributed by atoms with E-state index in [1.807, 2.05) is 46.2 Å². The number of piperazine rings is 2. The highest BCUT2D eigenvalue weighted by atomic mass is 19.1. The molecule has 8 rings (SSSR count). The summed E-state index contributed by atoms with van der Waals surface area (Å²) in [5, 5.41) is 11.0. The van der Waals surface area contributed by atoms with E-state index in [1.165, 1.54) is 6.07 Å². The number of benzene rings is 3. The highest BCUT2D eigenvalue weighted by Crippen LogP contribution is 2.26. The molecule has 0 unspecified atom stereocenters. The number of hydrogen-bond acceptors (Lipinski definition) is 11. The van der Waals surface area contributed by atoms with Crippen LogP contribution in [0.25, 0.3) is 22.2 Å². The van der Waals surface area contributed by atoms with E-state index in [4.69, 9.17) is 19.7 Å². The van der Waals surface area contributed by atoms with E-state index in [9.17, 15) is 14.4 Å². The van der Waals surface area contributed by atoms with Crippen molar-refractivity contribution < 1.29 is 18.7 Å². The summed E-state index contributed by atoms with van der Waals surface area (Å²) >= 11 is 0. The van der Waals surface area contributed by atoms with Crippen LogP contribution in [0.5, 0.6) is 0 Å². The van der Waals surface area contributed by atoms with Gasteiger partial charge in [0.05, 0.1) is 29.9 Å². The van der Waals surface area contributed by atoms with Crippen LogP contribution < -0.4 is 20.7 Å². The maximum Gasteiger partial charge on any atom is 0.321 e. The third kappa shape index (κ3) is 7.95. The zero-order valence-electron chi connectivity index (χ0n) is 30.6. The molecule has 3 fully saturated rings. The van der Waals surface area contributed by atoms with Gasteiger partial charge >= 0.3 is 6.03 Å². The second kappa shape index (κ2) is 15.8. The molecule has 0 aliphatic carbocycles. The van der Waals surface area contributed by atoms with Crippen molar-refractivity contribution in [1.29, 1.82) is 0 Å². The average Bonchev–Trinajstić information content (AvgIpc) is 3.23. The molecule has 2 aromatic heterocycles. The van der Waals surface area contributed by atoms with Gasteiger partial charge in [-0.15, -0.1) is 0 Å². The molecule has 0 spiro atoms. The number of anilines is 3. The van der Waals surface area contributed by atoms with Gasteiger partial charge in [-0.1, -0.05) is 24.3 Å². The number of amides is 3. The zero-order valence-corrected chi connectivity index (χ0v) is 30.6. The SMILES string of the molecule is CN1CCN(C(=O)Nc2ccc(-c3nc(N4CCOCC4)nc(N4CCN(C(=O)c5cc(Cc6n[nH]c(=O)c7ccccc67)ccc5F)CC4)n3)cc2)CC1. The number of carbonyl (C=O) groups excluding carboxylic acids is 2. The smallest absolute Gasteiger partial charge is 0.321 e. The minimum absolute atomic E-state index is 0.0140. The van der Waals surface area contributed by atoms with Crippen LogP contribution in [0.15, 0.2) is 71.5 Å². The van der Waals surface area contributed by atoms with Gasteiger partial charge in [0.15, 0.2) is 5.82 Å². The van der Waals surface area contributed by atoms with Crippen LogP contribution in [0.3, 0.4) is 0 Å². The number of fused-ring (bicyclic) bond motifs is 1. The number of carbonyl (C=O) groups is 2. The number of nitrogens with zero attached hydrogens (tertiary/aromatic N) is 9. The molecular formula is C39H42FN11O4. The molecule has 3 amide bonds. The molecule has 0 radical (unpaired) electrons. The third-order valence-corrected chi connectivity index (χ3v) is 10.3. The molecule has 16 heteroatoms. The average molecular weight is 748 g/mol. The fourth-order valence-electron chi connectivity index (χ4n) is 7.07. The molecule has 0 bridgehead atoms. The Bertz CT molecular complexity index is 2250. The molecule has 5 heterocycles. The largest absolute Gasteiger partial charge is 0.378 e. The summed E-state index contributed by atoms with van der Waals surface area (Å²) in [5.41, 5.74) is 2.49. The van der Waals surface area contributed by atoms with Crippen molar-refractivity contribution in [2.45, 2.75) is 6.42 Å². The Morgan fingerprint density at radius 3 is 2.15 bits per heavy atom. The van der Waals surface area contributed by atoms with Gasteiger partial charge < -0.3 is 34.6 Å². The monoisotopic (exact) mass is 747 g/mol. The number of aromatic nitrogens is 5. The van der Waals surface area contributed by atoms with E-state index in [0.29, 0.717) is 117 Å². The summed E-state index contributed by atoms with van der Waals surface area (Å²) in [4.78, 5) is 63.2. The van der Waals surface area contributed by atoms with Crippen molar-refractivity contribution in [2.75, 3.05) is 101 Å². The topological polar surface area (TPSA) is 156 Å². The second-order valence-electron chi connectivity index (χ2n) is 14.0. The quantitative estimate of drug-likeness (QED) is 0.252. The molecule has 0 atom stereocenters. The minimum Gasteiger partial charge on any atom is -0.378 e. The van der Waals surface area contributed by atoms with Crippen molar-refractivity contribution in [3.63, 3.8) is 0 Å². The summed E-state index contributed by atoms with van der Waals surface area (Å²) in [6, 6.07) is 19.0. The first kappa shape index (κ1) is 36.0. The summed E-state index contributed by atoms with van der Waals surface area (Å²) < 4.78 is 20.8. The number of H-pyrrole nitrogens is 1. The summed E-state index contributed by atoms with van der Waals surface area (Å²) in [7, 11) is 2.05. The van der Waals surface area contributed by atoms with Gasteiger partial charge in [0.1, 0.15) is 5.82 Å². The lowest BCUT2D eigenvalue weighted by Gasteiger charge is -2.35. The number of rotatable bonds is 7. The molecule has 2 N–H and O–H groups in total. The van der Waals surface area contributed by atoms with E-state index in [1.54, 1.807) is 29.2 Å². The molecular weight excluding hydrogens is 705 g/mol. The lowest BCUT2D eigenvalue weighted by atomic mass is 10.0. The first-order valence-electron chi connectivity index (χ1n) is 18.5. The van der Waals surface area contributed by atoms with Gasteiger partial charge in [0.2, 0.25) is 11.9 Å². The Morgan fingerprint density at radius 2 is 1.44 bits per heavy atom. The van der Waals surface area contributed by atoms with Gasteiger partial charge in [-0.3, -0.25) is 9.59 Å². The third-order valence-electron chi connectivity index (χ3n) is 10.3. The molecule has 3 saturated heterocycles. The standard InChI is InChI=1S/C39H42FN11O4/c1-47-12-14-51(15-13-47)39(54)41-28-9-7-27(8-10-28)34-42-37(44-38(43-34)50-20-22-55-23-21-50)49-18-16-48(17-19-49)36(53)31-24-26(6-11-32(31)40)25-33-29-4-2-3-5-30(29)35(52)46-45-33/h2-11,24H,12-23,25H2,1H3,(H,41,54)(H,46,52). The molecule has 5 aromatic rings. The first-order chi connectivity index (χ1) is 26.8. The molecule has 55 heavy (non-hydrogen) atoms. The minimum atomic E-state index is -0.599. The number of halogens is 1. The Morgan fingerprint density at radius 1 is 0.782 bits per heavy atom. The van der Waals surface area contributed by atoms with Crippen molar-refractivity contribution in [3.05, 3.63) is 99.7 Å². The van der Waals surface area contributed by atoms with Crippen LogP contribution in [0.1, 0.15) is 21.6 Å². The number of nitrogens with one attached hydrogen (secondary N) is 2. The van der Waals surface area contributed by atoms with E-state index in [-0.39, 0.29) is 17.2 Å². The van der Waals surface area contributed by atoms with Crippen LogP contribution >= 0.6 is 0 Å². The number of likely N-dealkylation sites (N-methyl/N-ethyl adjacent to an activating group) is 1. The van der Waals surface area contributed by atoms with Crippen molar-refractivity contribution in [2.24, 2.45) is 0 Å². The van der Waals surface area contributed by atoms with Crippen molar-refractivity contribution in [1.82, 2.24) is 39.8 Å². The van der Waals surface area contributed by atoms with Gasteiger partial charge in [0, 0.05) is 88.5 Å². The fraction of sp³-hybridized carbons (Fsp3) is 0.359. The predicted octanol–water partition coefficient (Wildman–Crippen LogP) is 3.08. The van der Waals surface area contributed by atoms with Gasteiger partial charge in [-0.25, -0.2) is 14.3 Å². The van der Waals surface area contributed by atoms with Crippen LogP contribution in [-0.2, 0) is 11.2 Å². The van der Waals surface area contributed by atoms with E-state index >= 15 is 4.39 Å². The van der Waals surface area contributed by atoms with Crippen LogP contribution in [-0.4, -0.2) is 137 Å². The maximum atomic E-state index is 15.2. The van der Waals surface area contributed by atoms with Crippen LogP contribution in [0.2, 0.25) is 0 Å². The molecule has 284 valence electrons. The van der Waals surface area contributed by atoms with Crippen molar-refractivity contribution in [3.8, 4) is 11.4 Å². The maximum absolute atomic E-state index is 15.2. The van der Waals surface area contributed by atoms with Gasteiger partial charge in [-0.2, -0.15) is 20.1 Å². The summed E-state index contributed by atoms with van der Waals surface area (Å²) in [5.74, 6) is 0.518. The molecule has 3 aromatic carbocycles. The highest BCUT2D eigenvalue weighted by molar-refractivity contribution is 5.95. The molecule has 3 aliphatic rings. The lowest BCUT2D eigenvalue weighted by molar-refractivity contribution is 0.0741. The lowest BCUT2D eigenvalue weighted by Crippen LogP contribution is -2.49. The summed E-state index contributed by atoms with van der Waals surface area (Å²) in [6.07, 6.45) is 0.312. The second-order valence-corrected chi connectivity index (χ2v) is 14.0. The fourth-order valence-corrected chi connectivity index (χ4v) is 7.07. The molecule has 3 aliphatic heterocycles. The number of ether oxygens (including phenoxy) is 1. The Hall–Kier alpha value is -6.00. The predicted molar refractivity (Wildman–Crippen MR) is 206 cm³/mol. The van der Waals surface area contributed by atoms with Crippen LogP contribution in [0.4, 0.5) is 26.8 Å². The van der Waals surface area contributed by atoms with E-state index < -0.39 is 11.7 Å². The zero-order chi connectivity index (χ0) is 37.9. The number of aromatic amines is 1. The Kier molecular flexibility index (Phi) is 10.3. The first-order valence-corrected chi connectivity index (χ1v) is 18.5. The Balaban J connectivity index is 0.970. The normalized spacial score (nSPS) is 16.8. The highest BCUT2D eigenvalue weighted by Gasteiger charge is 2.28. The number of hydrogen-bond donors (Lipinski definition) is 2.